The van der Waals surface area contributed by atoms with E-state index in [2.05, 4.69) is 0 Å². The molecule has 0 bridgehead atoms. The Labute approximate surface area is 137 Å². The van der Waals surface area contributed by atoms with Gasteiger partial charge in [-0.25, -0.2) is 0 Å². The minimum absolute atomic E-state index is 0.0990. The van der Waals surface area contributed by atoms with Crippen LogP contribution in [0.25, 0.3) is 0 Å². The fraction of sp³-hybridized carbons (Fsp3) is 0.526. The normalized spacial score (nSPS) is 16.6. The molecule has 2 rings (SSSR count). The van der Waals surface area contributed by atoms with E-state index in [1.165, 1.54) is 0 Å². The molecule has 1 aromatic carbocycles. The molecule has 0 aliphatic heterocycles. The van der Waals surface area contributed by atoms with Crippen molar-refractivity contribution in [3.63, 3.8) is 0 Å². The van der Waals surface area contributed by atoms with Crippen molar-refractivity contribution in [2.75, 3.05) is 6.61 Å². The lowest BCUT2D eigenvalue weighted by Crippen LogP contribution is -2.34. The fourth-order valence-corrected chi connectivity index (χ4v) is 3.14. The molecule has 0 heterocycles. The first-order valence-electron chi connectivity index (χ1n) is 8.42. The number of ketones is 2. The molecule has 1 fully saturated rings. The van der Waals surface area contributed by atoms with Crippen LogP contribution in [0.2, 0.25) is 0 Å². The SMILES string of the molecule is CCOC(=O)C(CC(=O)c1ccccc1)C(=O)C1CCCCC1. The largest absolute Gasteiger partial charge is 0.465 e. The van der Waals surface area contributed by atoms with Crippen LogP contribution in [0.5, 0.6) is 0 Å². The van der Waals surface area contributed by atoms with E-state index >= 15 is 0 Å². The summed E-state index contributed by atoms with van der Waals surface area (Å²) in [6.07, 6.45) is 4.69. The molecular weight excluding hydrogens is 292 g/mol. The number of rotatable bonds is 7. The van der Waals surface area contributed by atoms with Crippen LogP contribution in [0.4, 0.5) is 0 Å². The lowest BCUT2D eigenvalue weighted by Gasteiger charge is -2.24. The van der Waals surface area contributed by atoms with Crippen LogP contribution in [-0.4, -0.2) is 24.1 Å². The Morgan fingerprint density at radius 2 is 1.74 bits per heavy atom. The summed E-state index contributed by atoms with van der Waals surface area (Å²) < 4.78 is 5.04. The van der Waals surface area contributed by atoms with Crippen molar-refractivity contribution in [3.8, 4) is 0 Å². The molecule has 1 aliphatic rings. The maximum Gasteiger partial charge on any atom is 0.316 e. The van der Waals surface area contributed by atoms with E-state index in [0.717, 1.165) is 32.1 Å². The molecule has 0 amide bonds. The number of benzene rings is 1. The van der Waals surface area contributed by atoms with Crippen LogP contribution < -0.4 is 0 Å². The average molecular weight is 316 g/mol. The van der Waals surface area contributed by atoms with Gasteiger partial charge in [0.05, 0.1) is 6.61 Å². The molecule has 0 N–H and O–H groups in total. The van der Waals surface area contributed by atoms with Gasteiger partial charge >= 0.3 is 5.97 Å². The van der Waals surface area contributed by atoms with Gasteiger partial charge < -0.3 is 4.74 Å². The number of esters is 1. The average Bonchev–Trinajstić information content (AvgIpc) is 2.60. The first-order valence-corrected chi connectivity index (χ1v) is 8.42. The fourth-order valence-electron chi connectivity index (χ4n) is 3.14. The molecule has 1 unspecified atom stereocenters. The second kappa shape index (κ2) is 8.61. The molecule has 0 spiro atoms. The van der Waals surface area contributed by atoms with Gasteiger partial charge in [0.25, 0.3) is 0 Å². The Kier molecular flexibility index (Phi) is 6.51. The summed E-state index contributed by atoms with van der Waals surface area (Å²) in [5.74, 6) is -1.94. The Bertz CT molecular complexity index is 544. The topological polar surface area (TPSA) is 60.4 Å². The molecule has 0 aromatic heterocycles. The van der Waals surface area contributed by atoms with E-state index in [4.69, 9.17) is 4.74 Å². The molecule has 1 aliphatic carbocycles. The standard InChI is InChI=1S/C19H24O4/c1-2-23-19(22)16(18(21)15-11-7-4-8-12-15)13-17(20)14-9-5-3-6-10-14/h3,5-6,9-10,15-16H,2,4,7-8,11-13H2,1H3. The van der Waals surface area contributed by atoms with Gasteiger partial charge in [-0.2, -0.15) is 0 Å². The van der Waals surface area contributed by atoms with Gasteiger partial charge in [0.1, 0.15) is 5.92 Å². The Morgan fingerprint density at radius 3 is 2.35 bits per heavy atom. The van der Waals surface area contributed by atoms with Crippen LogP contribution >= 0.6 is 0 Å². The van der Waals surface area contributed by atoms with Gasteiger partial charge in [0.15, 0.2) is 11.6 Å². The molecular formula is C19H24O4. The van der Waals surface area contributed by atoms with E-state index in [1.807, 2.05) is 6.07 Å². The smallest absolute Gasteiger partial charge is 0.316 e. The highest BCUT2D eigenvalue weighted by molar-refractivity contribution is 6.06. The van der Waals surface area contributed by atoms with Crippen molar-refractivity contribution in [1.29, 1.82) is 0 Å². The van der Waals surface area contributed by atoms with Crippen molar-refractivity contribution >= 4 is 17.5 Å². The summed E-state index contributed by atoms with van der Waals surface area (Å²) in [6, 6.07) is 8.78. The molecule has 23 heavy (non-hydrogen) atoms. The van der Waals surface area contributed by atoms with Crippen LogP contribution in [-0.2, 0) is 14.3 Å². The summed E-state index contributed by atoms with van der Waals surface area (Å²) >= 11 is 0. The zero-order chi connectivity index (χ0) is 16.7. The number of Topliss-reactive ketones (excluding diaryl/α,β-unsaturated/α-hetero) is 2. The summed E-state index contributed by atoms with van der Waals surface area (Å²) in [5.41, 5.74) is 0.526. The lowest BCUT2D eigenvalue weighted by molar-refractivity contribution is -0.152. The minimum Gasteiger partial charge on any atom is -0.465 e. The van der Waals surface area contributed by atoms with Crippen LogP contribution in [0.1, 0.15) is 55.8 Å². The molecule has 1 atom stereocenters. The molecule has 4 heteroatoms. The summed E-state index contributed by atoms with van der Waals surface area (Å²) in [7, 11) is 0. The number of ether oxygens (including phenoxy) is 1. The van der Waals surface area contributed by atoms with E-state index in [1.54, 1.807) is 31.2 Å². The Balaban J connectivity index is 2.11. The zero-order valence-corrected chi connectivity index (χ0v) is 13.6. The molecule has 124 valence electrons. The van der Waals surface area contributed by atoms with Gasteiger partial charge in [-0.3, -0.25) is 14.4 Å². The predicted octanol–water partition coefficient (Wildman–Crippen LogP) is 3.59. The molecule has 0 saturated heterocycles. The molecule has 0 radical (unpaired) electrons. The van der Waals surface area contributed by atoms with Gasteiger partial charge in [-0.05, 0) is 19.8 Å². The van der Waals surface area contributed by atoms with E-state index < -0.39 is 11.9 Å². The summed E-state index contributed by atoms with van der Waals surface area (Å²) in [4.78, 5) is 37.3. The first kappa shape index (κ1) is 17.4. The predicted molar refractivity (Wildman–Crippen MR) is 87.1 cm³/mol. The second-order valence-corrected chi connectivity index (χ2v) is 6.04. The third kappa shape index (κ3) is 4.75. The van der Waals surface area contributed by atoms with Crippen molar-refractivity contribution in [3.05, 3.63) is 35.9 Å². The molecule has 1 saturated carbocycles. The summed E-state index contributed by atoms with van der Waals surface area (Å²) in [6.45, 7) is 1.92. The monoisotopic (exact) mass is 316 g/mol. The Hall–Kier alpha value is -1.97. The number of hydrogen-bond acceptors (Lipinski definition) is 4. The highest BCUT2D eigenvalue weighted by Gasteiger charge is 2.35. The van der Waals surface area contributed by atoms with Crippen molar-refractivity contribution < 1.29 is 19.1 Å². The quantitative estimate of drug-likeness (QED) is 0.438. The van der Waals surface area contributed by atoms with Crippen LogP contribution in [0.15, 0.2) is 30.3 Å². The number of hydrogen-bond donors (Lipinski definition) is 0. The van der Waals surface area contributed by atoms with Crippen LogP contribution in [0, 0.1) is 11.8 Å². The summed E-state index contributed by atoms with van der Waals surface area (Å²) in [5, 5.41) is 0. The maximum atomic E-state index is 12.7. The van der Waals surface area contributed by atoms with Gasteiger partial charge in [-0.15, -0.1) is 0 Å². The second-order valence-electron chi connectivity index (χ2n) is 6.04. The Morgan fingerprint density at radius 1 is 1.09 bits per heavy atom. The highest BCUT2D eigenvalue weighted by Crippen LogP contribution is 2.28. The first-order chi connectivity index (χ1) is 11.1. The van der Waals surface area contributed by atoms with Crippen molar-refractivity contribution in [2.45, 2.75) is 45.4 Å². The maximum absolute atomic E-state index is 12.7. The third-order valence-corrected chi connectivity index (χ3v) is 4.41. The molecule has 4 nitrogen and oxygen atoms in total. The van der Waals surface area contributed by atoms with E-state index in [-0.39, 0.29) is 30.5 Å². The highest BCUT2D eigenvalue weighted by atomic mass is 16.5. The van der Waals surface area contributed by atoms with Crippen LogP contribution in [0.3, 0.4) is 0 Å². The number of carbonyl (C=O) groups is 3. The van der Waals surface area contributed by atoms with Crippen molar-refractivity contribution in [1.82, 2.24) is 0 Å². The zero-order valence-electron chi connectivity index (χ0n) is 13.6. The minimum atomic E-state index is -0.967. The van der Waals surface area contributed by atoms with Crippen molar-refractivity contribution in [2.24, 2.45) is 11.8 Å². The third-order valence-electron chi connectivity index (χ3n) is 4.41. The van der Waals surface area contributed by atoms with Gasteiger partial charge in [-0.1, -0.05) is 49.6 Å². The molecule has 1 aromatic rings. The van der Waals surface area contributed by atoms with E-state index in [0.29, 0.717) is 5.56 Å². The van der Waals surface area contributed by atoms with Gasteiger partial charge in [0, 0.05) is 17.9 Å². The lowest BCUT2D eigenvalue weighted by atomic mass is 9.80. The van der Waals surface area contributed by atoms with E-state index in [9.17, 15) is 14.4 Å². The number of carbonyl (C=O) groups excluding carboxylic acids is 3. The van der Waals surface area contributed by atoms with Gasteiger partial charge in [0.2, 0.25) is 0 Å².